The number of fused-ring (bicyclic) bond motifs is 1. The Balaban J connectivity index is 1.77. The van der Waals surface area contributed by atoms with Gasteiger partial charge in [0.2, 0.25) is 24.1 Å². The SMILES string of the molecule is COc1nc(NS(=O)(=O)c2c[nH]c3c(-n4cccn4)c(C)ccc23)nc(OC)c1CC(F)F. The molecule has 1 aromatic carbocycles. The number of anilines is 1. The van der Waals surface area contributed by atoms with E-state index in [-0.39, 0.29) is 28.2 Å². The Morgan fingerprint density at radius 3 is 2.45 bits per heavy atom. The molecule has 4 aromatic rings. The fraction of sp³-hybridized carbons (Fsp3) is 0.250. The molecular formula is C20H20F2N6O4S. The van der Waals surface area contributed by atoms with Crippen molar-refractivity contribution in [1.29, 1.82) is 0 Å². The number of nitrogens with zero attached hydrogens (tertiary/aromatic N) is 4. The van der Waals surface area contributed by atoms with Gasteiger partial charge in [0.25, 0.3) is 10.0 Å². The fourth-order valence-corrected chi connectivity index (χ4v) is 4.63. The third kappa shape index (κ3) is 4.18. The molecule has 0 radical (unpaired) electrons. The Labute approximate surface area is 187 Å². The summed E-state index contributed by atoms with van der Waals surface area (Å²) in [5.74, 6) is -0.804. The van der Waals surface area contributed by atoms with E-state index in [0.717, 1.165) is 5.56 Å². The second-order valence-electron chi connectivity index (χ2n) is 7.00. The quantitative estimate of drug-likeness (QED) is 0.399. The molecule has 0 aliphatic heterocycles. The zero-order valence-corrected chi connectivity index (χ0v) is 18.7. The van der Waals surface area contributed by atoms with Gasteiger partial charge in [-0.25, -0.2) is 26.6 Å². The molecule has 0 saturated heterocycles. The molecule has 10 nitrogen and oxygen atoms in total. The molecule has 0 aliphatic carbocycles. The van der Waals surface area contributed by atoms with E-state index in [1.807, 2.05) is 6.92 Å². The highest BCUT2D eigenvalue weighted by atomic mass is 32.2. The highest BCUT2D eigenvalue weighted by molar-refractivity contribution is 7.93. The summed E-state index contributed by atoms with van der Waals surface area (Å²) >= 11 is 0. The molecule has 0 fully saturated rings. The van der Waals surface area contributed by atoms with Crippen molar-refractivity contribution in [2.45, 2.75) is 24.7 Å². The normalized spacial score (nSPS) is 11.8. The van der Waals surface area contributed by atoms with E-state index in [1.54, 1.807) is 35.3 Å². The summed E-state index contributed by atoms with van der Waals surface area (Å²) in [7, 11) is -1.72. The monoisotopic (exact) mass is 478 g/mol. The third-order valence-electron chi connectivity index (χ3n) is 4.92. The largest absolute Gasteiger partial charge is 0.481 e. The van der Waals surface area contributed by atoms with E-state index in [2.05, 4.69) is 24.8 Å². The Morgan fingerprint density at radius 2 is 1.88 bits per heavy atom. The van der Waals surface area contributed by atoms with Crippen molar-refractivity contribution in [2.24, 2.45) is 0 Å². The predicted molar refractivity (Wildman–Crippen MR) is 116 cm³/mol. The lowest BCUT2D eigenvalue weighted by molar-refractivity contribution is 0.146. The first-order chi connectivity index (χ1) is 15.7. The molecule has 0 unspecified atom stereocenters. The number of nitrogens with one attached hydrogen (secondary N) is 2. The average Bonchev–Trinajstić information content (AvgIpc) is 3.44. The van der Waals surface area contributed by atoms with Gasteiger partial charge in [0.1, 0.15) is 4.90 Å². The number of H-pyrrole nitrogens is 1. The molecule has 0 atom stereocenters. The molecule has 174 valence electrons. The first kappa shape index (κ1) is 22.5. The highest BCUT2D eigenvalue weighted by Gasteiger charge is 2.25. The zero-order chi connectivity index (χ0) is 23.8. The number of hydrogen-bond donors (Lipinski definition) is 2. The minimum absolute atomic E-state index is 0.0518. The number of aryl methyl sites for hydroxylation is 1. The van der Waals surface area contributed by atoms with E-state index in [0.29, 0.717) is 16.6 Å². The van der Waals surface area contributed by atoms with E-state index in [4.69, 9.17) is 9.47 Å². The molecule has 0 saturated carbocycles. The maximum atomic E-state index is 13.2. The summed E-state index contributed by atoms with van der Waals surface area (Å²) in [4.78, 5) is 10.8. The second-order valence-corrected chi connectivity index (χ2v) is 8.65. The molecule has 0 aliphatic rings. The lowest BCUT2D eigenvalue weighted by Crippen LogP contribution is -2.16. The number of benzene rings is 1. The standard InChI is InChI=1S/C20H20F2N6O4S/c1-11-5-6-12-14(10-23-16(12)17(11)28-8-4-7-24-28)33(29,30)27-20-25-18(31-2)13(9-15(21)22)19(26-20)32-3/h4-8,10,15,23H,9H2,1-3H3,(H,25,26,27). The number of sulfonamides is 1. The number of hydrogen-bond acceptors (Lipinski definition) is 7. The number of methoxy groups -OCH3 is 2. The summed E-state index contributed by atoms with van der Waals surface area (Å²) in [6.45, 7) is 1.89. The number of alkyl halides is 2. The zero-order valence-electron chi connectivity index (χ0n) is 17.8. The van der Waals surface area contributed by atoms with E-state index >= 15 is 0 Å². The van der Waals surface area contributed by atoms with E-state index in [1.165, 1.54) is 20.4 Å². The van der Waals surface area contributed by atoms with Crippen molar-refractivity contribution in [3.63, 3.8) is 0 Å². The number of rotatable bonds is 8. The van der Waals surface area contributed by atoms with Crippen molar-refractivity contribution in [1.82, 2.24) is 24.7 Å². The van der Waals surface area contributed by atoms with Gasteiger partial charge in [0.15, 0.2) is 0 Å². The van der Waals surface area contributed by atoms with Crippen LogP contribution in [0.25, 0.3) is 16.6 Å². The van der Waals surface area contributed by atoms with Crippen LogP contribution >= 0.6 is 0 Å². The molecule has 13 heteroatoms. The first-order valence-electron chi connectivity index (χ1n) is 9.65. The minimum Gasteiger partial charge on any atom is -0.481 e. The van der Waals surface area contributed by atoms with Crippen LogP contribution in [-0.4, -0.2) is 53.8 Å². The van der Waals surface area contributed by atoms with Crippen LogP contribution in [0.4, 0.5) is 14.7 Å². The van der Waals surface area contributed by atoms with E-state index < -0.39 is 22.9 Å². The van der Waals surface area contributed by atoms with Crippen molar-refractivity contribution >= 4 is 26.9 Å². The minimum atomic E-state index is -4.18. The number of aromatic nitrogens is 5. The van der Waals surface area contributed by atoms with Crippen LogP contribution in [0.2, 0.25) is 0 Å². The summed E-state index contributed by atoms with van der Waals surface area (Å²) in [5, 5.41) is 4.66. The van der Waals surface area contributed by atoms with Crippen LogP contribution in [0.15, 0.2) is 41.7 Å². The van der Waals surface area contributed by atoms with Gasteiger partial charge in [-0.05, 0) is 18.6 Å². The van der Waals surface area contributed by atoms with Crippen LogP contribution in [-0.2, 0) is 16.4 Å². The summed E-state index contributed by atoms with van der Waals surface area (Å²) in [5.41, 5.74) is 2.10. The Kier molecular flexibility index (Phi) is 5.89. The molecule has 2 N–H and O–H groups in total. The molecule has 4 rings (SSSR count). The Hall–Kier alpha value is -3.74. The fourth-order valence-electron chi connectivity index (χ4n) is 3.51. The molecule has 0 amide bonds. The third-order valence-corrected chi connectivity index (χ3v) is 6.29. The van der Waals surface area contributed by atoms with E-state index in [9.17, 15) is 17.2 Å². The molecule has 0 bridgehead atoms. The molecular weight excluding hydrogens is 458 g/mol. The highest BCUT2D eigenvalue weighted by Crippen LogP contribution is 2.32. The molecule has 3 aromatic heterocycles. The van der Waals surface area contributed by atoms with Gasteiger partial charge in [-0.15, -0.1) is 0 Å². The average molecular weight is 478 g/mol. The summed E-state index contributed by atoms with van der Waals surface area (Å²) in [6, 6.07) is 5.22. The summed E-state index contributed by atoms with van der Waals surface area (Å²) in [6.07, 6.45) is 1.31. The number of halogens is 2. The van der Waals surface area contributed by atoms with Crippen LogP contribution in [0, 0.1) is 6.92 Å². The van der Waals surface area contributed by atoms with Gasteiger partial charge in [-0.1, -0.05) is 12.1 Å². The van der Waals surface area contributed by atoms with Crippen LogP contribution in [0.1, 0.15) is 11.1 Å². The van der Waals surface area contributed by atoms with Crippen LogP contribution in [0.3, 0.4) is 0 Å². The van der Waals surface area contributed by atoms with Gasteiger partial charge in [0, 0.05) is 30.4 Å². The lowest BCUT2D eigenvalue weighted by atomic mass is 10.1. The van der Waals surface area contributed by atoms with Gasteiger partial charge in [0.05, 0.1) is 31.0 Å². The second kappa shape index (κ2) is 8.65. The first-order valence-corrected chi connectivity index (χ1v) is 11.1. The Morgan fingerprint density at radius 1 is 1.18 bits per heavy atom. The molecule has 33 heavy (non-hydrogen) atoms. The maximum Gasteiger partial charge on any atom is 0.266 e. The van der Waals surface area contributed by atoms with Gasteiger partial charge < -0.3 is 14.5 Å². The van der Waals surface area contributed by atoms with Gasteiger partial charge in [-0.2, -0.15) is 15.1 Å². The topological polar surface area (TPSA) is 124 Å². The van der Waals surface area contributed by atoms with Crippen molar-refractivity contribution in [3.05, 3.63) is 47.9 Å². The summed E-state index contributed by atoms with van der Waals surface area (Å²) < 4.78 is 66.3. The number of ether oxygens (including phenoxy) is 2. The maximum absolute atomic E-state index is 13.2. The lowest BCUT2D eigenvalue weighted by Gasteiger charge is -2.14. The van der Waals surface area contributed by atoms with Crippen molar-refractivity contribution < 1.29 is 26.7 Å². The van der Waals surface area contributed by atoms with Crippen LogP contribution in [0.5, 0.6) is 11.8 Å². The molecule has 0 spiro atoms. The van der Waals surface area contributed by atoms with Crippen LogP contribution < -0.4 is 14.2 Å². The Bertz CT molecular complexity index is 1380. The van der Waals surface area contributed by atoms with Crippen molar-refractivity contribution in [3.8, 4) is 17.4 Å². The molecule has 3 heterocycles. The van der Waals surface area contributed by atoms with Crippen molar-refractivity contribution in [2.75, 3.05) is 18.9 Å². The smallest absolute Gasteiger partial charge is 0.266 e. The number of aromatic amines is 1. The predicted octanol–water partition coefficient (Wildman–Crippen LogP) is 3.08. The van der Waals surface area contributed by atoms with Gasteiger partial charge in [-0.3, -0.25) is 0 Å². The van der Waals surface area contributed by atoms with Gasteiger partial charge >= 0.3 is 0 Å².